The predicted molar refractivity (Wildman–Crippen MR) is 91.1 cm³/mol. The summed E-state index contributed by atoms with van der Waals surface area (Å²) in [5.41, 5.74) is 0.676. The van der Waals surface area contributed by atoms with E-state index in [1.165, 1.54) is 24.7 Å². The first-order valence-electron chi connectivity index (χ1n) is 7.64. The Kier molecular flexibility index (Phi) is 4.65. The van der Waals surface area contributed by atoms with E-state index in [1.807, 2.05) is 0 Å². The molecule has 0 radical (unpaired) electrons. The van der Waals surface area contributed by atoms with Crippen LogP contribution in [0.15, 0.2) is 23.1 Å². The highest BCUT2D eigenvalue weighted by Gasteiger charge is 2.22. The smallest absolute Gasteiger partial charge is 0.240 e. The van der Waals surface area contributed by atoms with Crippen molar-refractivity contribution in [2.24, 2.45) is 0 Å². The van der Waals surface area contributed by atoms with Gasteiger partial charge in [-0.3, -0.25) is 4.79 Å². The number of nitrogens with one attached hydrogen (secondary N) is 2. The van der Waals surface area contributed by atoms with Gasteiger partial charge in [0.25, 0.3) is 0 Å². The van der Waals surface area contributed by atoms with E-state index in [2.05, 4.69) is 15.0 Å². The third-order valence-corrected chi connectivity index (χ3v) is 6.33. The number of hydrogen-bond donors (Lipinski definition) is 2. The van der Waals surface area contributed by atoms with Gasteiger partial charge in [0.2, 0.25) is 15.9 Å². The van der Waals surface area contributed by atoms with Gasteiger partial charge >= 0.3 is 0 Å². The van der Waals surface area contributed by atoms with E-state index in [0.29, 0.717) is 10.6 Å². The summed E-state index contributed by atoms with van der Waals surface area (Å²) in [6.07, 6.45) is 5.11. The quantitative estimate of drug-likeness (QED) is 0.885. The van der Waals surface area contributed by atoms with Crippen molar-refractivity contribution in [2.45, 2.75) is 50.0 Å². The molecule has 1 aliphatic rings. The molecule has 1 amide bonds. The fraction of sp³-hybridized carbons (Fsp3) is 0.467. The summed E-state index contributed by atoms with van der Waals surface area (Å²) >= 11 is 1.27. The number of fused-ring (bicyclic) bond motifs is 1. The molecule has 1 aromatic heterocycles. The number of nitrogens with zero attached hydrogens (tertiary/aromatic N) is 1. The summed E-state index contributed by atoms with van der Waals surface area (Å²) in [4.78, 5) is 15.6. The summed E-state index contributed by atoms with van der Waals surface area (Å²) in [5, 5.41) is 3.10. The molecule has 3 rings (SSSR count). The molecule has 0 aliphatic heterocycles. The van der Waals surface area contributed by atoms with Gasteiger partial charge < -0.3 is 5.32 Å². The number of thiazole rings is 1. The highest BCUT2D eigenvalue weighted by molar-refractivity contribution is 7.89. The topological polar surface area (TPSA) is 88.2 Å². The van der Waals surface area contributed by atoms with Crippen molar-refractivity contribution < 1.29 is 13.2 Å². The Balaban J connectivity index is 1.84. The highest BCUT2D eigenvalue weighted by Crippen LogP contribution is 2.28. The molecule has 1 fully saturated rings. The molecular weight excluding hydrogens is 334 g/mol. The van der Waals surface area contributed by atoms with Gasteiger partial charge in [-0.2, -0.15) is 0 Å². The van der Waals surface area contributed by atoms with Crippen LogP contribution in [-0.4, -0.2) is 25.4 Å². The second kappa shape index (κ2) is 6.54. The molecule has 8 heteroatoms. The molecule has 124 valence electrons. The average molecular weight is 353 g/mol. The summed E-state index contributed by atoms with van der Waals surface area (Å²) < 4.78 is 28.6. The number of aromatic nitrogens is 1. The molecule has 2 aromatic rings. The van der Waals surface area contributed by atoms with Crippen LogP contribution in [0, 0.1) is 0 Å². The minimum Gasteiger partial charge on any atom is -0.302 e. The van der Waals surface area contributed by atoms with Gasteiger partial charge in [0.05, 0.1) is 15.1 Å². The van der Waals surface area contributed by atoms with Crippen molar-refractivity contribution in [1.82, 2.24) is 9.71 Å². The van der Waals surface area contributed by atoms with Crippen molar-refractivity contribution >= 4 is 42.6 Å². The monoisotopic (exact) mass is 353 g/mol. The molecule has 6 nitrogen and oxygen atoms in total. The van der Waals surface area contributed by atoms with Crippen LogP contribution in [0.2, 0.25) is 0 Å². The van der Waals surface area contributed by atoms with Crippen molar-refractivity contribution in [3.05, 3.63) is 18.2 Å². The third kappa shape index (κ3) is 3.88. The van der Waals surface area contributed by atoms with Crippen LogP contribution in [0.25, 0.3) is 10.2 Å². The van der Waals surface area contributed by atoms with E-state index in [1.54, 1.807) is 18.2 Å². The average Bonchev–Trinajstić information content (AvgIpc) is 2.88. The maximum Gasteiger partial charge on any atom is 0.240 e. The fourth-order valence-corrected chi connectivity index (χ4v) is 5.14. The third-order valence-electron chi connectivity index (χ3n) is 3.88. The SMILES string of the molecule is CC(=O)Nc1nc2ccc(S(=O)(=O)NC3CCCCC3)cc2s1. The standard InChI is InChI=1S/C15H19N3O3S2/c1-10(19)16-15-17-13-8-7-12(9-14(13)22-15)23(20,21)18-11-5-3-2-4-6-11/h7-9,11,18H,2-6H2,1H3,(H,16,17,19). The lowest BCUT2D eigenvalue weighted by atomic mass is 9.96. The zero-order valence-corrected chi connectivity index (χ0v) is 14.5. The van der Waals surface area contributed by atoms with Gasteiger partial charge in [0.1, 0.15) is 0 Å². The van der Waals surface area contributed by atoms with Gasteiger partial charge in [-0.1, -0.05) is 30.6 Å². The molecule has 23 heavy (non-hydrogen) atoms. The minimum atomic E-state index is -3.52. The summed E-state index contributed by atoms with van der Waals surface area (Å²) in [6.45, 7) is 1.41. The van der Waals surface area contributed by atoms with Crippen LogP contribution in [0.4, 0.5) is 5.13 Å². The Labute approximate surface area is 139 Å². The van der Waals surface area contributed by atoms with Gasteiger partial charge in [0.15, 0.2) is 5.13 Å². The molecule has 1 aliphatic carbocycles. The van der Waals surface area contributed by atoms with Gasteiger partial charge in [-0.15, -0.1) is 0 Å². The van der Waals surface area contributed by atoms with Crippen molar-refractivity contribution in [3.63, 3.8) is 0 Å². The number of anilines is 1. The number of benzene rings is 1. The summed E-state index contributed by atoms with van der Waals surface area (Å²) in [7, 11) is -3.52. The summed E-state index contributed by atoms with van der Waals surface area (Å²) in [6, 6.07) is 4.88. The van der Waals surface area contributed by atoms with Crippen molar-refractivity contribution in [3.8, 4) is 0 Å². The number of rotatable bonds is 4. The molecule has 1 aromatic carbocycles. The lowest BCUT2D eigenvalue weighted by Gasteiger charge is -2.22. The van der Waals surface area contributed by atoms with Crippen LogP contribution in [-0.2, 0) is 14.8 Å². The lowest BCUT2D eigenvalue weighted by Crippen LogP contribution is -2.36. The minimum absolute atomic E-state index is 0.0286. The van der Waals surface area contributed by atoms with Crippen molar-refractivity contribution in [2.75, 3.05) is 5.32 Å². The van der Waals surface area contributed by atoms with E-state index in [4.69, 9.17) is 0 Å². The number of carbonyl (C=O) groups is 1. The second-order valence-electron chi connectivity index (χ2n) is 5.79. The maximum absolute atomic E-state index is 12.5. The van der Waals surface area contributed by atoms with E-state index in [9.17, 15) is 13.2 Å². The molecule has 0 bridgehead atoms. The van der Waals surface area contributed by atoms with E-state index in [-0.39, 0.29) is 16.8 Å². The molecular formula is C15H19N3O3S2. The van der Waals surface area contributed by atoms with E-state index >= 15 is 0 Å². The van der Waals surface area contributed by atoms with Crippen LogP contribution in [0.3, 0.4) is 0 Å². The number of carbonyl (C=O) groups excluding carboxylic acids is 1. The van der Waals surface area contributed by atoms with Gasteiger partial charge in [-0.05, 0) is 31.0 Å². The van der Waals surface area contributed by atoms with Gasteiger partial charge in [-0.25, -0.2) is 18.1 Å². The number of amides is 1. The largest absolute Gasteiger partial charge is 0.302 e. The Bertz CT molecular complexity index is 824. The first-order valence-corrected chi connectivity index (χ1v) is 9.94. The normalized spacial score (nSPS) is 16.6. The second-order valence-corrected chi connectivity index (χ2v) is 8.53. The van der Waals surface area contributed by atoms with Gasteiger partial charge in [0, 0.05) is 13.0 Å². The molecule has 1 heterocycles. The predicted octanol–water partition coefficient (Wildman–Crippen LogP) is 2.87. The van der Waals surface area contributed by atoms with Crippen LogP contribution >= 0.6 is 11.3 Å². The Morgan fingerprint density at radius 2 is 2.00 bits per heavy atom. The van der Waals surface area contributed by atoms with Crippen LogP contribution < -0.4 is 10.0 Å². The molecule has 1 saturated carbocycles. The zero-order valence-electron chi connectivity index (χ0n) is 12.8. The molecule has 0 unspecified atom stereocenters. The maximum atomic E-state index is 12.5. The zero-order chi connectivity index (χ0) is 16.4. The first-order chi connectivity index (χ1) is 10.9. The molecule has 0 saturated heterocycles. The highest BCUT2D eigenvalue weighted by atomic mass is 32.2. The fourth-order valence-electron chi connectivity index (χ4n) is 2.78. The number of sulfonamides is 1. The van der Waals surface area contributed by atoms with E-state index < -0.39 is 10.0 Å². The Morgan fingerprint density at radius 1 is 1.26 bits per heavy atom. The molecule has 2 N–H and O–H groups in total. The van der Waals surface area contributed by atoms with E-state index in [0.717, 1.165) is 30.4 Å². The summed E-state index contributed by atoms with van der Waals surface area (Å²) in [5.74, 6) is -0.198. The first kappa shape index (κ1) is 16.4. The lowest BCUT2D eigenvalue weighted by molar-refractivity contribution is -0.114. The Hall–Kier alpha value is -1.51. The number of hydrogen-bond acceptors (Lipinski definition) is 5. The van der Waals surface area contributed by atoms with Crippen LogP contribution in [0.1, 0.15) is 39.0 Å². The van der Waals surface area contributed by atoms with Crippen molar-refractivity contribution in [1.29, 1.82) is 0 Å². The Morgan fingerprint density at radius 3 is 2.70 bits per heavy atom. The van der Waals surface area contributed by atoms with Crippen LogP contribution in [0.5, 0.6) is 0 Å². The molecule has 0 atom stereocenters. The molecule has 0 spiro atoms.